The highest BCUT2D eigenvalue weighted by Gasteiger charge is 2.43. The number of benzene rings is 2. The molecule has 1 heterocycles. The monoisotopic (exact) mass is 365 g/mol. The van der Waals surface area contributed by atoms with Crippen LogP contribution in [0, 0.1) is 16.0 Å². The molecule has 0 radical (unpaired) electrons. The van der Waals surface area contributed by atoms with Gasteiger partial charge in [0.25, 0.3) is 5.69 Å². The van der Waals surface area contributed by atoms with E-state index in [2.05, 4.69) is 5.10 Å². The van der Waals surface area contributed by atoms with Crippen LogP contribution in [-0.4, -0.2) is 28.7 Å². The van der Waals surface area contributed by atoms with E-state index in [1.54, 1.807) is 19.2 Å². The highest BCUT2D eigenvalue weighted by atomic mass is 16.6. The highest BCUT2D eigenvalue weighted by Crippen LogP contribution is 2.44. The van der Waals surface area contributed by atoms with Crippen molar-refractivity contribution in [2.45, 2.75) is 25.8 Å². The molecule has 2 aromatic carbocycles. The molecule has 0 saturated heterocycles. The molecule has 2 aromatic rings. The quantitative estimate of drug-likeness (QED) is 0.616. The number of hydrazone groups is 1. The van der Waals surface area contributed by atoms with Crippen LogP contribution >= 0.6 is 0 Å². The Bertz CT molecular complexity index is 952. The molecule has 0 bridgehead atoms. The molecule has 0 fully saturated rings. The number of hydrogen-bond donors (Lipinski definition) is 0. The van der Waals surface area contributed by atoms with E-state index in [0.717, 1.165) is 41.0 Å². The molecule has 1 aliphatic heterocycles. The van der Waals surface area contributed by atoms with Gasteiger partial charge in [0, 0.05) is 30.5 Å². The predicted octanol–water partition coefficient (Wildman–Crippen LogP) is 3.47. The molecular formula is C20H19N3O4. The summed E-state index contributed by atoms with van der Waals surface area (Å²) in [5.74, 6) is 0.610. The number of rotatable bonds is 3. The number of fused-ring (bicyclic) bond motifs is 3. The Morgan fingerprint density at radius 3 is 2.63 bits per heavy atom. The van der Waals surface area contributed by atoms with E-state index in [1.807, 2.05) is 24.3 Å². The summed E-state index contributed by atoms with van der Waals surface area (Å²) in [7, 11) is 1.61. The van der Waals surface area contributed by atoms with Crippen molar-refractivity contribution in [3.05, 3.63) is 69.3 Å². The highest BCUT2D eigenvalue weighted by molar-refractivity contribution is 6.07. The molecule has 0 aromatic heterocycles. The second kappa shape index (κ2) is 6.50. The van der Waals surface area contributed by atoms with Gasteiger partial charge in [-0.1, -0.05) is 18.2 Å². The maximum Gasteiger partial charge on any atom is 0.270 e. The van der Waals surface area contributed by atoms with Gasteiger partial charge in [0.2, 0.25) is 5.91 Å². The van der Waals surface area contributed by atoms with Gasteiger partial charge in [-0.25, -0.2) is 5.01 Å². The van der Waals surface area contributed by atoms with Crippen molar-refractivity contribution in [2.24, 2.45) is 11.0 Å². The minimum absolute atomic E-state index is 0.0109. The lowest BCUT2D eigenvalue weighted by atomic mass is 9.77. The molecule has 0 spiro atoms. The Morgan fingerprint density at radius 2 is 2.00 bits per heavy atom. The lowest BCUT2D eigenvalue weighted by Crippen LogP contribution is -2.31. The molecule has 7 nitrogen and oxygen atoms in total. The Hall–Kier alpha value is -3.22. The number of carbonyl (C=O) groups is 1. The summed E-state index contributed by atoms with van der Waals surface area (Å²) in [5, 5.41) is 17.3. The zero-order valence-electron chi connectivity index (χ0n) is 15.1. The molecule has 27 heavy (non-hydrogen) atoms. The molecule has 0 N–H and O–H groups in total. The van der Waals surface area contributed by atoms with Crippen molar-refractivity contribution in [1.82, 2.24) is 5.01 Å². The summed E-state index contributed by atoms with van der Waals surface area (Å²) in [5.41, 5.74) is 3.59. The lowest BCUT2D eigenvalue weighted by molar-refractivity contribution is -0.384. The van der Waals surface area contributed by atoms with Gasteiger partial charge in [-0.15, -0.1) is 0 Å². The minimum Gasteiger partial charge on any atom is -0.497 e. The number of amides is 1. The van der Waals surface area contributed by atoms with E-state index in [0.29, 0.717) is 0 Å². The van der Waals surface area contributed by atoms with E-state index in [4.69, 9.17) is 4.74 Å². The van der Waals surface area contributed by atoms with Crippen molar-refractivity contribution in [1.29, 1.82) is 0 Å². The van der Waals surface area contributed by atoms with Crippen LogP contribution in [0.4, 0.5) is 5.69 Å². The van der Waals surface area contributed by atoms with Gasteiger partial charge in [0.15, 0.2) is 0 Å². The van der Waals surface area contributed by atoms with E-state index in [-0.39, 0.29) is 23.6 Å². The third kappa shape index (κ3) is 2.85. The predicted molar refractivity (Wildman–Crippen MR) is 99.7 cm³/mol. The van der Waals surface area contributed by atoms with Crippen molar-refractivity contribution < 1.29 is 14.5 Å². The number of hydrogen-bond acceptors (Lipinski definition) is 5. The van der Waals surface area contributed by atoms with Crippen LogP contribution in [0.1, 0.15) is 36.1 Å². The summed E-state index contributed by atoms with van der Waals surface area (Å²) in [6, 6.07) is 12.3. The van der Waals surface area contributed by atoms with E-state index in [9.17, 15) is 14.9 Å². The maximum absolute atomic E-state index is 12.3. The van der Waals surface area contributed by atoms with Crippen molar-refractivity contribution >= 4 is 17.3 Å². The Labute approximate surface area is 156 Å². The van der Waals surface area contributed by atoms with Gasteiger partial charge in [-0.05, 0) is 36.1 Å². The number of nitro groups is 1. The second-order valence-electron chi connectivity index (χ2n) is 6.81. The average molecular weight is 365 g/mol. The summed E-state index contributed by atoms with van der Waals surface area (Å²) in [4.78, 5) is 23.1. The number of nitrogens with zero attached hydrogens (tertiary/aromatic N) is 3. The standard InChI is InChI=1S/C20H19N3O4/c1-12(24)22-20(14-4-8-16(27-2)9-5-14)17-10-6-13-3-7-15(23(25)26)11-18(13)19(17)21-22/h3-5,7-9,11,17,20H,6,10H2,1-2H3/t17-,20+/m1/s1. The molecule has 0 saturated carbocycles. The third-order valence-electron chi connectivity index (χ3n) is 5.30. The largest absolute Gasteiger partial charge is 0.497 e. The summed E-state index contributed by atoms with van der Waals surface area (Å²) in [6.45, 7) is 1.49. The number of methoxy groups -OCH3 is 1. The Morgan fingerprint density at radius 1 is 1.26 bits per heavy atom. The van der Waals surface area contributed by atoms with E-state index in [1.165, 1.54) is 18.0 Å². The van der Waals surface area contributed by atoms with Crippen molar-refractivity contribution in [2.75, 3.05) is 7.11 Å². The lowest BCUT2D eigenvalue weighted by Gasteiger charge is -2.29. The fourth-order valence-corrected chi connectivity index (χ4v) is 4.01. The van der Waals surface area contributed by atoms with Gasteiger partial charge in [-0.3, -0.25) is 14.9 Å². The maximum atomic E-state index is 12.3. The first-order valence-corrected chi connectivity index (χ1v) is 8.79. The first-order valence-electron chi connectivity index (χ1n) is 8.79. The minimum atomic E-state index is -0.400. The van der Waals surface area contributed by atoms with Gasteiger partial charge in [0.05, 0.1) is 23.8 Å². The van der Waals surface area contributed by atoms with Gasteiger partial charge < -0.3 is 4.74 Å². The molecular weight excluding hydrogens is 346 g/mol. The smallest absolute Gasteiger partial charge is 0.270 e. The van der Waals surface area contributed by atoms with Crippen LogP contribution in [0.15, 0.2) is 47.6 Å². The van der Waals surface area contributed by atoms with Crippen LogP contribution in [-0.2, 0) is 11.2 Å². The molecule has 7 heteroatoms. The van der Waals surface area contributed by atoms with Crippen molar-refractivity contribution in [3.63, 3.8) is 0 Å². The van der Waals surface area contributed by atoms with Crippen LogP contribution < -0.4 is 4.74 Å². The van der Waals surface area contributed by atoms with E-state index >= 15 is 0 Å². The molecule has 1 amide bonds. The average Bonchev–Trinajstić information content (AvgIpc) is 3.08. The number of carbonyl (C=O) groups excluding carboxylic acids is 1. The zero-order chi connectivity index (χ0) is 19.1. The third-order valence-corrected chi connectivity index (χ3v) is 5.30. The SMILES string of the molecule is COc1ccc([C@H]2[C@@H]3CCc4ccc([N+](=O)[O-])cc4C3=NN2C(C)=O)cc1. The van der Waals surface area contributed by atoms with Crippen LogP contribution in [0.5, 0.6) is 5.75 Å². The Balaban J connectivity index is 1.78. The van der Waals surface area contributed by atoms with Crippen LogP contribution in [0.2, 0.25) is 0 Å². The van der Waals surface area contributed by atoms with Gasteiger partial charge >= 0.3 is 0 Å². The Kier molecular flexibility index (Phi) is 4.14. The van der Waals surface area contributed by atoms with Crippen LogP contribution in [0.3, 0.4) is 0 Å². The molecule has 0 unspecified atom stereocenters. The first kappa shape index (κ1) is 17.2. The van der Waals surface area contributed by atoms with E-state index < -0.39 is 4.92 Å². The molecule has 138 valence electrons. The van der Waals surface area contributed by atoms with Gasteiger partial charge in [0.1, 0.15) is 5.75 Å². The number of nitro benzene ring substituents is 1. The normalized spacial score (nSPS) is 20.5. The summed E-state index contributed by atoms with van der Waals surface area (Å²) in [6.07, 6.45) is 1.64. The molecule has 2 atom stereocenters. The first-order chi connectivity index (χ1) is 13.0. The fourth-order valence-electron chi connectivity index (χ4n) is 4.01. The molecule has 1 aliphatic carbocycles. The number of non-ortho nitro benzene ring substituents is 1. The van der Waals surface area contributed by atoms with Crippen molar-refractivity contribution in [3.8, 4) is 5.75 Å². The summed E-state index contributed by atoms with van der Waals surface area (Å²) >= 11 is 0. The second-order valence-corrected chi connectivity index (χ2v) is 6.81. The molecule has 4 rings (SSSR count). The molecule has 2 aliphatic rings. The topological polar surface area (TPSA) is 85.0 Å². The number of ether oxygens (including phenoxy) is 1. The van der Waals surface area contributed by atoms with Gasteiger partial charge in [-0.2, -0.15) is 5.10 Å². The fraction of sp³-hybridized carbons (Fsp3) is 0.300. The summed E-state index contributed by atoms with van der Waals surface area (Å²) < 4.78 is 5.22. The zero-order valence-corrected chi connectivity index (χ0v) is 15.1. The number of aryl methyl sites for hydroxylation is 1. The van der Waals surface area contributed by atoms with Crippen LogP contribution in [0.25, 0.3) is 0 Å².